The number of likely N-dealkylation sites (tertiary alicyclic amines) is 1. The number of hydrogen-bond donors (Lipinski definition) is 0. The van der Waals surface area contributed by atoms with Crippen molar-refractivity contribution in [1.29, 1.82) is 0 Å². The van der Waals surface area contributed by atoms with Gasteiger partial charge in [0.15, 0.2) is 19.7 Å². The van der Waals surface area contributed by atoms with Crippen LogP contribution in [0.25, 0.3) is 0 Å². The van der Waals surface area contributed by atoms with E-state index in [9.17, 15) is 21.6 Å². The number of benzene rings is 2. The fraction of sp³-hybridized carbons (Fsp3) is 0.409. The molecular formula is C22H27NO5S2. The zero-order valence-corrected chi connectivity index (χ0v) is 18.8. The Hall–Kier alpha value is -2.19. The maximum absolute atomic E-state index is 12.8. The zero-order chi connectivity index (χ0) is 21.9. The molecule has 0 unspecified atom stereocenters. The van der Waals surface area contributed by atoms with Gasteiger partial charge in [-0.1, -0.05) is 30.3 Å². The molecule has 8 heteroatoms. The second kappa shape index (κ2) is 8.89. The van der Waals surface area contributed by atoms with Gasteiger partial charge in [0.05, 0.1) is 26.7 Å². The molecule has 1 aliphatic rings. The number of hydrogen-bond acceptors (Lipinski definition) is 5. The summed E-state index contributed by atoms with van der Waals surface area (Å²) in [6.07, 6.45) is 0.987. The number of piperidine rings is 1. The number of rotatable bonds is 6. The lowest BCUT2D eigenvalue weighted by Crippen LogP contribution is -2.43. The number of carbonyl (C=O) groups is 1. The molecule has 0 bridgehead atoms. The molecule has 2 aromatic carbocycles. The zero-order valence-electron chi connectivity index (χ0n) is 17.2. The van der Waals surface area contributed by atoms with E-state index in [4.69, 9.17) is 0 Å². The smallest absolute Gasteiger partial charge is 0.226 e. The summed E-state index contributed by atoms with van der Waals surface area (Å²) in [5.41, 5.74) is 0.738. The molecule has 0 aliphatic carbocycles. The Balaban J connectivity index is 1.60. The van der Waals surface area contributed by atoms with Gasteiger partial charge < -0.3 is 4.90 Å². The first-order valence-electron chi connectivity index (χ1n) is 10.0. The van der Waals surface area contributed by atoms with Crippen molar-refractivity contribution in [2.24, 2.45) is 0 Å². The topological polar surface area (TPSA) is 88.6 Å². The maximum Gasteiger partial charge on any atom is 0.226 e. The van der Waals surface area contributed by atoms with E-state index in [1.807, 2.05) is 0 Å². The molecule has 162 valence electrons. The molecule has 6 nitrogen and oxygen atoms in total. The molecule has 0 aromatic heterocycles. The Kier molecular flexibility index (Phi) is 6.67. The molecule has 2 aromatic rings. The van der Waals surface area contributed by atoms with Crippen molar-refractivity contribution in [3.05, 3.63) is 60.2 Å². The fourth-order valence-corrected chi connectivity index (χ4v) is 6.39. The number of sulfone groups is 2. The predicted molar refractivity (Wildman–Crippen MR) is 116 cm³/mol. The molecule has 0 N–H and O–H groups in total. The van der Waals surface area contributed by atoms with Crippen molar-refractivity contribution < 1.29 is 21.6 Å². The summed E-state index contributed by atoms with van der Waals surface area (Å²) in [4.78, 5) is 14.9. The predicted octanol–water partition coefficient (Wildman–Crippen LogP) is 2.88. The maximum atomic E-state index is 12.8. The third kappa shape index (κ3) is 4.75. The van der Waals surface area contributed by atoms with E-state index in [-0.39, 0.29) is 17.2 Å². The fourth-order valence-electron chi connectivity index (χ4n) is 3.57. The molecule has 1 saturated heterocycles. The van der Waals surface area contributed by atoms with E-state index < -0.39 is 30.2 Å². The quantitative estimate of drug-likeness (QED) is 0.677. The molecule has 1 amide bonds. The lowest BCUT2D eigenvalue weighted by Gasteiger charge is -2.32. The Labute approximate surface area is 178 Å². The molecule has 0 radical (unpaired) electrons. The van der Waals surface area contributed by atoms with Crippen LogP contribution >= 0.6 is 0 Å². The number of carbonyl (C=O) groups excluding carboxylic acids is 1. The Morgan fingerprint density at radius 2 is 1.47 bits per heavy atom. The van der Waals surface area contributed by atoms with E-state index in [0.717, 1.165) is 5.56 Å². The van der Waals surface area contributed by atoms with Crippen LogP contribution in [0.15, 0.2) is 64.4 Å². The summed E-state index contributed by atoms with van der Waals surface area (Å²) in [5, 5.41) is -0.983. The summed E-state index contributed by atoms with van der Waals surface area (Å²) < 4.78 is 49.9. The summed E-state index contributed by atoms with van der Waals surface area (Å²) in [6, 6.07) is 14.8. The molecule has 3 rings (SSSR count). The largest absolute Gasteiger partial charge is 0.342 e. The van der Waals surface area contributed by atoms with Gasteiger partial charge in [0.25, 0.3) is 0 Å². The average molecular weight is 450 g/mol. The normalized spacial score (nSPS) is 16.0. The van der Waals surface area contributed by atoms with Crippen molar-refractivity contribution in [1.82, 2.24) is 4.90 Å². The van der Waals surface area contributed by atoms with Crippen LogP contribution in [0, 0.1) is 0 Å². The standard InChI is InChI=1S/C22H27NO5S2/c1-17(2)29(25,26)20-10-8-18(9-11-20)16-22(24)23-14-12-21(13-15-23)30(27,28)19-6-4-3-5-7-19/h3-11,17,21H,12-16H2,1-2H3. The molecule has 1 heterocycles. The summed E-state index contributed by atoms with van der Waals surface area (Å²) in [6.45, 7) is 4.06. The van der Waals surface area contributed by atoms with Crippen molar-refractivity contribution in [2.45, 2.75) is 53.4 Å². The van der Waals surface area contributed by atoms with Crippen LogP contribution < -0.4 is 0 Å². The minimum atomic E-state index is -3.39. The highest BCUT2D eigenvalue weighted by molar-refractivity contribution is 7.92. The monoisotopic (exact) mass is 449 g/mol. The highest BCUT2D eigenvalue weighted by Gasteiger charge is 2.32. The third-order valence-corrected chi connectivity index (χ3v) is 9.98. The lowest BCUT2D eigenvalue weighted by atomic mass is 10.1. The van der Waals surface area contributed by atoms with Gasteiger partial charge in [-0.15, -0.1) is 0 Å². The van der Waals surface area contributed by atoms with Crippen molar-refractivity contribution in [3.8, 4) is 0 Å². The number of amides is 1. The molecular weight excluding hydrogens is 422 g/mol. The van der Waals surface area contributed by atoms with Crippen molar-refractivity contribution >= 4 is 25.6 Å². The van der Waals surface area contributed by atoms with Gasteiger partial charge in [-0.05, 0) is 56.5 Å². The minimum absolute atomic E-state index is 0.0787. The summed E-state index contributed by atoms with van der Waals surface area (Å²) in [5.74, 6) is -0.0787. The highest BCUT2D eigenvalue weighted by atomic mass is 32.2. The second-order valence-electron chi connectivity index (χ2n) is 7.85. The first-order chi connectivity index (χ1) is 14.1. The highest BCUT2D eigenvalue weighted by Crippen LogP contribution is 2.25. The van der Waals surface area contributed by atoms with Crippen LogP contribution in [-0.4, -0.2) is 51.2 Å². The second-order valence-corrected chi connectivity index (χ2v) is 12.6. The first kappa shape index (κ1) is 22.5. The van der Waals surface area contributed by atoms with Crippen molar-refractivity contribution in [2.75, 3.05) is 13.1 Å². The first-order valence-corrected chi connectivity index (χ1v) is 13.1. The van der Waals surface area contributed by atoms with Crippen LogP contribution in [0.5, 0.6) is 0 Å². The average Bonchev–Trinajstić information content (AvgIpc) is 2.74. The molecule has 0 spiro atoms. The third-order valence-electron chi connectivity index (χ3n) is 5.53. The van der Waals surface area contributed by atoms with Crippen LogP contribution in [-0.2, 0) is 30.9 Å². The van der Waals surface area contributed by atoms with E-state index in [2.05, 4.69) is 0 Å². The Morgan fingerprint density at radius 3 is 2.00 bits per heavy atom. The lowest BCUT2D eigenvalue weighted by molar-refractivity contribution is -0.131. The van der Waals surface area contributed by atoms with Crippen LogP contribution in [0.2, 0.25) is 0 Å². The summed E-state index contributed by atoms with van der Waals surface area (Å²) in [7, 11) is -6.73. The van der Waals surface area contributed by atoms with E-state index in [1.165, 1.54) is 12.1 Å². The SMILES string of the molecule is CC(C)S(=O)(=O)c1ccc(CC(=O)N2CCC(S(=O)(=O)c3ccccc3)CC2)cc1. The summed E-state index contributed by atoms with van der Waals surface area (Å²) >= 11 is 0. The van der Waals surface area contributed by atoms with Gasteiger partial charge in [-0.3, -0.25) is 4.79 Å². The molecule has 0 atom stereocenters. The van der Waals surface area contributed by atoms with Gasteiger partial charge in [-0.2, -0.15) is 0 Å². The van der Waals surface area contributed by atoms with E-state index >= 15 is 0 Å². The van der Waals surface area contributed by atoms with Crippen LogP contribution in [0.3, 0.4) is 0 Å². The van der Waals surface area contributed by atoms with E-state index in [0.29, 0.717) is 30.8 Å². The molecule has 0 saturated carbocycles. The minimum Gasteiger partial charge on any atom is -0.342 e. The van der Waals surface area contributed by atoms with E-state index in [1.54, 1.807) is 61.2 Å². The van der Waals surface area contributed by atoms with Gasteiger partial charge in [-0.25, -0.2) is 16.8 Å². The Morgan fingerprint density at radius 1 is 0.900 bits per heavy atom. The van der Waals surface area contributed by atoms with Crippen LogP contribution in [0.1, 0.15) is 32.3 Å². The number of nitrogens with zero attached hydrogens (tertiary/aromatic N) is 1. The van der Waals surface area contributed by atoms with Gasteiger partial charge in [0.2, 0.25) is 5.91 Å². The Bertz CT molecular complexity index is 1080. The van der Waals surface area contributed by atoms with Crippen molar-refractivity contribution in [3.63, 3.8) is 0 Å². The molecule has 1 aliphatic heterocycles. The van der Waals surface area contributed by atoms with Gasteiger partial charge in [0, 0.05) is 13.1 Å². The molecule has 30 heavy (non-hydrogen) atoms. The van der Waals surface area contributed by atoms with Gasteiger partial charge in [0.1, 0.15) is 0 Å². The molecule has 1 fully saturated rings. The van der Waals surface area contributed by atoms with Gasteiger partial charge >= 0.3 is 0 Å². The van der Waals surface area contributed by atoms with Crippen LogP contribution in [0.4, 0.5) is 0 Å².